The highest BCUT2D eigenvalue weighted by molar-refractivity contribution is 6.00. The Morgan fingerprint density at radius 1 is 1.37 bits per heavy atom. The van der Waals surface area contributed by atoms with Crippen molar-refractivity contribution in [2.75, 3.05) is 23.7 Å². The lowest BCUT2D eigenvalue weighted by atomic mass is 10.1. The summed E-state index contributed by atoms with van der Waals surface area (Å²) in [4.78, 5) is 25.3. The van der Waals surface area contributed by atoms with Gasteiger partial charge in [-0.15, -0.1) is 0 Å². The zero-order valence-electron chi connectivity index (χ0n) is 17.1. The van der Waals surface area contributed by atoms with E-state index in [1.54, 1.807) is 0 Å². The van der Waals surface area contributed by atoms with Crippen molar-refractivity contribution in [3.05, 3.63) is 41.6 Å². The first-order valence-corrected chi connectivity index (χ1v) is 10.4. The fourth-order valence-electron chi connectivity index (χ4n) is 3.63. The number of nitrogens with zero attached hydrogens (tertiary/aromatic N) is 3. The van der Waals surface area contributed by atoms with Crippen LogP contribution in [0.1, 0.15) is 48.5 Å². The van der Waals surface area contributed by atoms with Crippen molar-refractivity contribution in [3.63, 3.8) is 0 Å². The van der Waals surface area contributed by atoms with Crippen molar-refractivity contribution in [3.8, 4) is 0 Å². The Morgan fingerprint density at radius 3 is 2.87 bits per heavy atom. The second-order valence-electron chi connectivity index (χ2n) is 7.87. The van der Waals surface area contributed by atoms with Gasteiger partial charge in [-0.05, 0) is 37.8 Å². The van der Waals surface area contributed by atoms with Crippen LogP contribution in [-0.4, -0.2) is 46.4 Å². The predicted octanol–water partition coefficient (Wildman–Crippen LogP) is 1.74. The van der Waals surface area contributed by atoms with Crippen LogP contribution in [0.5, 0.6) is 0 Å². The summed E-state index contributed by atoms with van der Waals surface area (Å²) in [5.74, 6) is 1.05. The molecular weight excluding hydrogens is 380 g/mol. The largest absolute Gasteiger partial charge is 0.370 e. The summed E-state index contributed by atoms with van der Waals surface area (Å²) in [6.45, 7) is 3.80. The summed E-state index contributed by atoms with van der Waals surface area (Å²) in [5.41, 5.74) is 13.7. The molecule has 1 atom stereocenters. The zero-order chi connectivity index (χ0) is 21.1. The van der Waals surface area contributed by atoms with Gasteiger partial charge in [-0.1, -0.05) is 19.1 Å². The zero-order valence-corrected chi connectivity index (χ0v) is 17.1. The molecule has 0 radical (unpaired) electrons. The lowest BCUT2D eigenvalue weighted by molar-refractivity contribution is 0.100. The molecule has 0 spiro atoms. The van der Waals surface area contributed by atoms with Gasteiger partial charge >= 0.3 is 0 Å². The van der Waals surface area contributed by atoms with E-state index in [-0.39, 0.29) is 17.1 Å². The molecule has 30 heavy (non-hydrogen) atoms. The van der Waals surface area contributed by atoms with Crippen LogP contribution in [0, 0.1) is 0 Å². The number of carbonyl (C=O) groups excluding carboxylic acids is 1. The van der Waals surface area contributed by atoms with Crippen molar-refractivity contribution < 1.29 is 4.79 Å². The van der Waals surface area contributed by atoms with Gasteiger partial charge < -0.3 is 27.4 Å². The lowest BCUT2D eigenvalue weighted by Crippen LogP contribution is -2.42. The van der Waals surface area contributed by atoms with Gasteiger partial charge in [-0.3, -0.25) is 9.79 Å². The highest BCUT2D eigenvalue weighted by Gasteiger charge is 2.45. The number of hydrogen-bond donors (Lipinski definition) is 5. The first kappa shape index (κ1) is 20.1. The van der Waals surface area contributed by atoms with Crippen LogP contribution in [0.3, 0.4) is 0 Å². The molecule has 0 saturated heterocycles. The Labute approximate surface area is 175 Å². The van der Waals surface area contributed by atoms with Crippen LogP contribution in [-0.2, 0) is 0 Å². The number of primary amides is 1. The maximum atomic E-state index is 11.9. The van der Waals surface area contributed by atoms with Gasteiger partial charge in [0.1, 0.15) is 17.2 Å². The minimum atomic E-state index is -0.594. The van der Waals surface area contributed by atoms with Crippen LogP contribution < -0.4 is 27.4 Å². The summed E-state index contributed by atoms with van der Waals surface area (Å²) in [6, 6.07) is 7.86. The number of aliphatic imine (C=N–C) groups is 1. The monoisotopic (exact) mass is 408 g/mol. The SMILES string of the molecule is CCC(Nc1ncc(C(N)=O)c(Nc2cccc(C3=NCCCN3)c2)n1)C1(N)CC1. The van der Waals surface area contributed by atoms with Crippen molar-refractivity contribution in [2.24, 2.45) is 16.5 Å². The van der Waals surface area contributed by atoms with Gasteiger partial charge in [0, 0.05) is 42.1 Å². The number of amides is 1. The minimum absolute atomic E-state index is 0.0727. The molecule has 1 aromatic carbocycles. The molecule has 158 valence electrons. The van der Waals surface area contributed by atoms with E-state index in [9.17, 15) is 4.79 Å². The van der Waals surface area contributed by atoms with Gasteiger partial charge in [-0.25, -0.2) is 4.98 Å². The van der Waals surface area contributed by atoms with Crippen LogP contribution in [0.4, 0.5) is 17.5 Å². The molecule has 9 heteroatoms. The molecule has 4 rings (SSSR count). The van der Waals surface area contributed by atoms with E-state index in [0.717, 1.165) is 55.9 Å². The van der Waals surface area contributed by atoms with E-state index in [4.69, 9.17) is 11.5 Å². The van der Waals surface area contributed by atoms with E-state index in [1.807, 2.05) is 24.3 Å². The first-order chi connectivity index (χ1) is 14.5. The molecule has 1 amide bonds. The quantitative estimate of drug-likeness (QED) is 0.447. The van der Waals surface area contributed by atoms with Crippen molar-refractivity contribution in [2.45, 2.75) is 44.2 Å². The van der Waals surface area contributed by atoms with Crippen molar-refractivity contribution >= 4 is 29.2 Å². The molecule has 2 aromatic rings. The van der Waals surface area contributed by atoms with E-state index in [1.165, 1.54) is 6.20 Å². The molecule has 1 aromatic heterocycles. The third kappa shape index (κ3) is 4.35. The van der Waals surface area contributed by atoms with Gasteiger partial charge in [0.25, 0.3) is 5.91 Å². The second kappa shape index (κ2) is 8.27. The molecule has 1 aliphatic carbocycles. The van der Waals surface area contributed by atoms with E-state index >= 15 is 0 Å². The van der Waals surface area contributed by atoms with Gasteiger partial charge in [0.05, 0.1) is 0 Å². The van der Waals surface area contributed by atoms with Crippen molar-refractivity contribution in [1.82, 2.24) is 15.3 Å². The topological polar surface area (TPSA) is 143 Å². The highest BCUT2D eigenvalue weighted by atomic mass is 16.1. The van der Waals surface area contributed by atoms with Crippen LogP contribution >= 0.6 is 0 Å². The van der Waals surface area contributed by atoms with E-state index in [2.05, 4.69) is 37.8 Å². The minimum Gasteiger partial charge on any atom is -0.370 e. The number of aromatic nitrogens is 2. The summed E-state index contributed by atoms with van der Waals surface area (Å²) in [5, 5.41) is 9.85. The normalized spacial score (nSPS) is 18.0. The number of carbonyl (C=O) groups is 1. The Balaban J connectivity index is 1.59. The molecular formula is C21H28N8O. The molecule has 0 bridgehead atoms. The van der Waals surface area contributed by atoms with Gasteiger partial charge in [0.2, 0.25) is 5.95 Å². The molecule has 2 heterocycles. The number of rotatable bonds is 8. The fourth-order valence-corrected chi connectivity index (χ4v) is 3.63. The summed E-state index contributed by atoms with van der Waals surface area (Å²) < 4.78 is 0. The Bertz CT molecular complexity index is 969. The summed E-state index contributed by atoms with van der Waals surface area (Å²) in [7, 11) is 0. The van der Waals surface area contributed by atoms with Crippen LogP contribution in [0.15, 0.2) is 35.5 Å². The van der Waals surface area contributed by atoms with E-state index in [0.29, 0.717) is 11.8 Å². The van der Waals surface area contributed by atoms with Gasteiger partial charge in [-0.2, -0.15) is 4.98 Å². The van der Waals surface area contributed by atoms with Gasteiger partial charge in [0.15, 0.2) is 0 Å². The maximum absolute atomic E-state index is 11.9. The average Bonchev–Trinajstić information content (AvgIpc) is 3.51. The van der Waals surface area contributed by atoms with E-state index < -0.39 is 5.91 Å². The molecule has 9 nitrogen and oxygen atoms in total. The third-order valence-corrected chi connectivity index (χ3v) is 5.58. The number of hydrogen-bond acceptors (Lipinski definition) is 8. The number of benzene rings is 1. The molecule has 7 N–H and O–H groups in total. The Kier molecular flexibility index (Phi) is 5.54. The third-order valence-electron chi connectivity index (χ3n) is 5.58. The number of nitrogens with one attached hydrogen (secondary N) is 3. The smallest absolute Gasteiger partial charge is 0.254 e. The maximum Gasteiger partial charge on any atom is 0.254 e. The first-order valence-electron chi connectivity index (χ1n) is 10.4. The van der Waals surface area contributed by atoms with Crippen molar-refractivity contribution in [1.29, 1.82) is 0 Å². The molecule has 1 aliphatic heterocycles. The average molecular weight is 409 g/mol. The van der Waals surface area contributed by atoms with Crippen LogP contribution in [0.25, 0.3) is 0 Å². The molecule has 1 saturated carbocycles. The standard InChI is InChI=1S/C21H28N8O/c1-2-16(21(23)7-8-21)28-20-26-12-15(17(22)30)19(29-20)27-14-6-3-5-13(11-14)18-24-9-4-10-25-18/h3,5-6,11-12,16H,2,4,7-10,23H2,1H3,(H2,22,30)(H,24,25)(H2,26,27,28,29). The van der Waals surface area contributed by atoms with Crippen LogP contribution in [0.2, 0.25) is 0 Å². The number of anilines is 3. The molecule has 2 aliphatic rings. The second-order valence-corrected chi connectivity index (χ2v) is 7.87. The Hall–Kier alpha value is -3.20. The highest BCUT2D eigenvalue weighted by Crippen LogP contribution is 2.38. The summed E-state index contributed by atoms with van der Waals surface area (Å²) in [6.07, 6.45) is 5.29. The molecule has 1 fully saturated rings. The summed E-state index contributed by atoms with van der Waals surface area (Å²) >= 11 is 0. The Morgan fingerprint density at radius 2 is 2.20 bits per heavy atom. The predicted molar refractivity (Wildman–Crippen MR) is 118 cm³/mol. The fraction of sp³-hybridized carbons (Fsp3) is 0.429. The number of nitrogens with two attached hydrogens (primary N) is 2. The lowest BCUT2D eigenvalue weighted by Gasteiger charge is -2.23. The molecule has 1 unspecified atom stereocenters. The number of amidine groups is 1.